The van der Waals surface area contributed by atoms with Crippen molar-refractivity contribution < 1.29 is 0 Å². The summed E-state index contributed by atoms with van der Waals surface area (Å²) in [5, 5.41) is 14.4. The van der Waals surface area contributed by atoms with Crippen LogP contribution < -0.4 is 21.3 Å². The van der Waals surface area contributed by atoms with Gasteiger partial charge in [-0.25, -0.2) is 0 Å². The SMILES string of the molecule is C1=C2CNCCCNCC3=C=C(CNCCCNCC=1C1=CC=CC=C=C21)C1=CC=CC=C=C31. The zero-order valence-electron chi connectivity index (χ0n) is 19.7. The number of allylic oxidation sites excluding steroid dienone is 6. The lowest BCUT2D eigenvalue weighted by Crippen LogP contribution is -2.25. The van der Waals surface area contributed by atoms with E-state index < -0.39 is 0 Å². The molecule has 0 saturated heterocycles. The second-order valence-electron chi connectivity index (χ2n) is 8.88. The molecule has 0 atom stereocenters. The maximum Gasteiger partial charge on any atom is 0.0369 e. The lowest BCUT2D eigenvalue weighted by Gasteiger charge is -2.11. The molecule has 4 aliphatic carbocycles. The summed E-state index contributed by atoms with van der Waals surface area (Å²) >= 11 is 0. The van der Waals surface area contributed by atoms with E-state index in [1.54, 1.807) is 0 Å². The van der Waals surface area contributed by atoms with Crippen LogP contribution in [0.3, 0.4) is 0 Å². The summed E-state index contributed by atoms with van der Waals surface area (Å²) in [5.74, 6) is 0. The second kappa shape index (κ2) is 11.3. The molecule has 4 nitrogen and oxygen atoms in total. The van der Waals surface area contributed by atoms with Crippen molar-refractivity contribution in [2.24, 2.45) is 0 Å². The molecule has 0 aromatic heterocycles. The van der Waals surface area contributed by atoms with E-state index in [9.17, 15) is 0 Å². The van der Waals surface area contributed by atoms with Gasteiger partial charge in [0.2, 0.25) is 0 Å². The molecule has 34 heavy (non-hydrogen) atoms. The first-order valence-electron chi connectivity index (χ1n) is 12.4. The van der Waals surface area contributed by atoms with Crippen molar-refractivity contribution in [1.82, 2.24) is 21.3 Å². The fraction of sp³-hybridized carbons (Fsp3) is 0.333. The Morgan fingerprint density at radius 3 is 1.35 bits per heavy atom. The van der Waals surface area contributed by atoms with Crippen LogP contribution in [0.2, 0.25) is 0 Å². The molecule has 0 unspecified atom stereocenters. The predicted octanol–water partition coefficient (Wildman–Crippen LogP) is 3.22. The molecule has 4 bridgehead atoms. The lowest BCUT2D eigenvalue weighted by atomic mass is 10.00. The molecule has 0 spiro atoms. The van der Waals surface area contributed by atoms with Gasteiger partial charge in [-0.2, -0.15) is 0 Å². The highest BCUT2D eigenvalue weighted by Crippen LogP contribution is 2.32. The fourth-order valence-corrected chi connectivity index (χ4v) is 4.70. The van der Waals surface area contributed by atoms with Gasteiger partial charge in [0.15, 0.2) is 0 Å². The number of nitrogens with one attached hydrogen (secondary N) is 4. The molecular weight excluding hydrogens is 416 g/mol. The van der Waals surface area contributed by atoms with E-state index in [0.717, 1.165) is 65.2 Å². The Bertz CT molecular complexity index is 1140. The molecule has 0 amide bonds. The van der Waals surface area contributed by atoms with Crippen LogP contribution in [0.5, 0.6) is 0 Å². The maximum atomic E-state index is 3.65. The number of hydrogen-bond acceptors (Lipinski definition) is 4. The van der Waals surface area contributed by atoms with Crippen LogP contribution in [0.4, 0.5) is 0 Å². The highest BCUT2D eigenvalue weighted by atomic mass is 14.9. The van der Waals surface area contributed by atoms with Crippen LogP contribution in [0, 0.1) is 0 Å². The van der Waals surface area contributed by atoms with Crippen LogP contribution >= 0.6 is 0 Å². The Kier molecular flexibility index (Phi) is 7.56. The molecule has 5 rings (SSSR count). The monoisotopic (exact) mass is 448 g/mol. The summed E-state index contributed by atoms with van der Waals surface area (Å²) in [4.78, 5) is 0. The topological polar surface area (TPSA) is 48.1 Å². The largest absolute Gasteiger partial charge is 0.312 e. The molecule has 5 aliphatic rings. The van der Waals surface area contributed by atoms with Crippen LogP contribution in [0.15, 0.2) is 116 Å². The van der Waals surface area contributed by atoms with Crippen LogP contribution in [-0.2, 0) is 0 Å². The normalized spacial score (nSPS) is 23.1. The van der Waals surface area contributed by atoms with E-state index in [4.69, 9.17) is 0 Å². The first-order valence-corrected chi connectivity index (χ1v) is 12.4. The fourth-order valence-electron chi connectivity index (χ4n) is 4.70. The predicted molar refractivity (Wildman–Crippen MR) is 139 cm³/mol. The molecule has 172 valence electrons. The van der Waals surface area contributed by atoms with Crippen molar-refractivity contribution in [2.75, 3.05) is 52.4 Å². The summed E-state index contributed by atoms with van der Waals surface area (Å²) in [6.45, 7) is 7.14. The summed E-state index contributed by atoms with van der Waals surface area (Å²) in [5.41, 5.74) is 24.0. The highest BCUT2D eigenvalue weighted by molar-refractivity contribution is 5.65. The minimum atomic E-state index is 0.816. The molecule has 1 aliphatic heterocycles. The smallest absolute Gasteiger partial charge is 0.0369 e. The molecule has 0 radical (unpaired) electrons. The standard InChI is InChI=1S/C30H32N4/c1-3-9-27-23-17-24(28(27)10-4-1)20-32-14-8-16-34-22-26-18-25(21-33-15-7-13-31-19-23)29-11-5-2-6-12-30(26)29/h1-6,9,11,31-34H,7-8,13-16,19-22H2. The Morgan fingerprint density at radius 2 is 0.912 bits per heavy atom. The van der Waals surface area contributed by atoms with Gasteiger partial charge in [-0.1, -0.05) is 36.5 Å². The number of fused-ring (bicyclic) bond motifs is 6. The van der Waals surface area contributed by atoms with Gasteiger partial charge in [-0.3, -0.25) is 0 Å². The Balaban J connectivity index is 1.26. The van der Waals surface area contributed by atoms with E-state index in [1.807, 2.05) is 24.3 Å². The van der Waals surface area contributed by atoms with E-state index in [1.165, 1.54) is 44.6 Å². The molecular formula is C30H32N4. The van der Waals surface area contributed by atoms with Crippen LogP contribution in [0.1, 0.15) is 12.8 Å². The highest BCUT2D eigenvalue weighted by Gasteiger charge is 2.22. The second-order valence-corrected chi connectivity index (χ2v) is 8.88. The third-order valence-electron chi connectivity index (χ3n) is 6.41. The van der Waals surface area contributed by atoms with E-state index >= 15 is 0 Å². The van der Waals surface area contributed by atoms with Crippen molar-refractivity contribution in [3.05, 3.63) is 116 Å². The summed E-state index contributed by atoms with van der Waals surface area (Å²) < 4.78 is 0. The Morgan fingerprint density at radius 1 is 0.500 bits per heavy atom. The third kappa shape index (κ3) is 5.33. The maximum absolute atomic E-state index is 3.65. The van der Waals surface area contributed by atoms with Crippen LogP contribution in [-0.4, -0.2) is 52.4 Å². The van der Waals surface area contributed by atoms with Crippen molar-refractivity contribution in [3.8, 4) is 0 Å². The van der Waals surface area contributed by atoms with Crippen molar-refractivity contribution in [1.29, 1.82) is 0 Å². The third-order valence-corrected chi connectivity index (χ3v) is 6.41. The number of hydrogen-bond donors (Lipinski definition) is 4. The minimum absolute atomic E-state index is 0.816. The zero-order chi connectivity index (χ0) is 23.0. The van der Waals surface area contributed by atoms with Crippen molar-refractivity contribution in [2.45, 2.75) is 12.8 Å². The molecule has 0 aromatic carbocycles. The molecule has 4 heteroatoms. The Labute approximate surface area is 202 Å². The van der Waals surface area contributed by atoms with Crippen LogP contribution in [0.25, 0.3) is 0 Å². The lowest BCUT2D eigenvalue weighted by molar-refractivity contribution is 0.631. The average Bonchev–Trinajstić information content (AvgIpc) is 3.10. The summed E-state index contributed by atoms with van der Waals surface area (Å²) in [6, 6.07) is 0. The van der Waals surface area contributed by atoms with Gasteiger partial charge in [0.1, 0.15) is 0 Å². The van der Waals surface area contributed by atoms with E-state index in [0.29, 0.717) is 0 Å². The van der Waals surface area contributed by atoms with Gasteiger partial charge in [-0.15, -0.1) is 22.9 Å². The zero-order valence-corrected chi connectivity index (χ0v) is 19.7. The van der Waals surface area contributed by atoms with Gasteiger partial charge >= 0.3 is 0 Å². The van der Waals surface area contributed by atoms with Crippen molar-refractivity contribution >= 4 is 0 Å². The minimum Gasteiger partial charge on any atom is -0.312 e. The molecule has 0 aromatic rings. The van der Waals surface area contributed by atoms with Gasteiger partial charge in [-0.05, 0) is 51.2 Å². The van der Waals surface area contributed by atoms with Gasteiger partial charge in [0, 0.05) is 70.8 Å². The summed E-state index contributed by atoms with van der Waals surface area (Å²) in [7, 11) is 0. The summed E-state index contributed by atoms with van der Waals surface area (Å²) in [6.07, 6.45) is 18.8. The first kappa shape index (κ1) is 22.7. The van der Waals surface area contributed by atoms with Gasteiger partial charge in [0.05, 0.1) is 0 Å². The van der Waals surface area contributed by atoms with E-state index in [-0.39, 0.29) is 0 Å². The Hall–Kier alpha value is -3.12. The van der Waals surface area contributed by atoms with Gasteiger partial charge < -0.3 is 21.3 Å². The quantitative estimate of drug-likeness (QED) is 0.430. The molecule has 4 N–H and O–H groups in total. The number of rotatable bonds is 0. The molecule has 0 saturated carbocycles. The van der Waals surface area contributed by atoms with E-state index in [2.05, 4.69) is 68.5 Å². The first-order chi connectivity index (χ1) is 16.9. The average molecular weight is 449 g/mol. The van der Waals surface area contributed by atoms with Crippen molar-refractivity contribution in [3.63, 3.8) is 0 Å². The molecule has 1 heterocycles. The molecule has 0 fully saturated rings. The van der Waals surface area contributed by atoms with Gasteiger partial charge in [0.25, 0.3) is 0 Å².